The molecule has 6 nitrogen and oxygen atoms in total. The number of aromatic nitrogens is 1. The van der Waals surface area contributed by atoms with Crippen LogP contribution >= 0.6 is 11.3 Å². The highest BCUT2D eigenvalue weighted by molar-refractivity contribution is 7.22. The number of thiazole rings is 1. The summed E-state index contributed by atoms with van der Waals surface area (Å²) in [7, 11) is 0. The number of hydrogen-bond acceptors (Lipinski definition) is 5. The zero-order valence-electron chi connectivity index (χ0n) is 17.3. The first-order valence-electron chi connectivity index (χ1n) is 10.2. The highest BCUT2D eigenvalue weighted by Gasteiger charge is 2.37. The lowest BCUT2D eigenvalue weighted by Gasteiger charge is -2.22. The largest absolute Gasteiger partial charge is 0.282 e. The number of carbonyl (C=O) groups excluding carboxylic acids is 3. The maximum Gasteiger partial charge on any atom is 0.262 e. The Labute approximate surface area is 188 Å². The van der Waals surface area contributed by atoms with E-state index in [0.717, 1.165) is 26.2 Å². The molecule has 7 heteroatoms. The van der Waals surface area contributed by atoms with Gasteiger partial charge in [-0.05, 0) is 36.2 Å². The minimum atomic E-state index is -0.446. The second-order valence-corrected chi connectivity index (χ2v) is 8.63. The third-order valence-corrected chi connectivity index (χ3v) is 6.54. The zero-order chi connectivity index (χ0) is 22.2. The summed E-state index contributed by atoms with van der Waals surface area (Å²) in [4.78, 5) is 46.3. The van der Waals surface area contributed by atoms with Gasteiger partial charge in [0.05, 0.1) is 27.9 Å². The molecule has 4 aromatic rings. The van der Waals surface area contributed by atoms with Gasteiger partial charge in [-0.15, -0.1) is 0 Å². The predicted molar refractivity (Wildman–Crippen MR) is 124 cm³/mol. The molecule has 0 N–H and O–H groups in total. The molecule has 0 atom stereocenters. The summed E-state index contributed by atoms with van der Waals surface area (Å²) in [6.45, 7) is 1.93. The van der Waals surface area contributed by atoms with Crippen molar-refractivity contribution in [2.45, 2.75) is 13.5 Å². The van der Waals surface area contributed by atoms with Crippen LogP contribution in [0.1, 0.15) is 31.8 Å². The molecule has 0 saturated carbocycles. The van der Waals surface area contributed by atoms with Gasteiger partial charge in [0.15, 0.2) is 5.13 Å². The molecule has 0 saturated heterocycles. The molecule has 5 rings (SSSR count). The van der Waals surface area contributed by atoms with Crippen LogP contribution in [0.15, 0.2) is 72.8 Å². The topological polar surface area (TPSA) is 70.6 Å². The fraction of sp³-hybridized carbons (Fsp3) is 0.120. The summed E-state index contributed by atoms with van der Waals surface area (Å²) in [5.74, 6) is -1.25. The van der Waals surface area contributed by atoms with Gasteiger partial charge in [0.25, 0.3) is 11.8 Å². The molecule has 1 aliphatic rings. The number of benzene rings is 3. The van der Waals surface area contributed by atoms with Gasteiger partial charge in [0.2, 0.25) is 5.91 Å². The summed E-state index contributed by atoms with van der Waals surface area (Å²) in [6, 6.07) is 22.1. The normalized spacial score (nSPS) is 13.0. The van der Waals surface area contributed by atoms with Crippen molar-refractivity contribution < 1.29 is 14.4 Å². The van der Waals surface area contributed by atoms with Gasteiger partial charge in [-0.3, -0.25) is 24.2 Å². The number of rotatable bonds is 5. The highest BCUT2D eigenvalue weighted by Crippen LogP contribution is 2.32. The maximum atomic E-state index is 13.5. The minimum absolute atomic E-state index is 0.293. The van der Waals surface area contributed by atoms with E-state index < -0.39 is 11.8 Å². The van der Waals surface area contributed by atoms with Crippen molar-refractivity contribution in [3.63, 3.8) is 0 Å². The number of aryl methyl sites for hydroxylation is 1. The number of imide groups is 1. The molecule has 0 aliphatic carbocycles. The Morgan fingerprint density at radius 1 is 0.906 bits per heavy atom. The van der Waals surface area contributed by atoms with Crippen molar-refractivity contribution in [1.29, 1.82) is 0 Å². The molecule has 0 fully saturated rings. The van der Waals surface area contributed by atoms with Crippen LogP contribution in [-0.2, 0) is 11.3 Å². The van der Waals surface area contributed by atoms with Crippen LogP contribution in [0.3, 0.4) is 0 Å². The van der Waals surface area contributed by atoms with E-state index in [4.69, 9.17) is 4.98 Å². The van der Waals surface area contributed by atoms with Gasteiger partial charge in [-0.2, -0.15) is 0 Å². The molecular weight excluding hydrogens is 422 g/mol. The molecular formula is C25H19N3O3S. The van der Waals surface area contributed by atoms with Gasteiger partial charge in [0, 0.05) is 0 Å². The van der Waals surface area contributed by atoms with Crippen LogP contribution in [0.4, 0.5) is 5.13 Å². The molecule has 2 heterocycles. The van der Waals surface area contributed by atoms with E-state index in [1.165, 1.54) is 11.3 Å². The number of nitrogens with zero attached hydrogens (tertiary/aromatic N) is 3. The molecule has 3 amide bonds. The first-order valence-corrected chi connectivity index (χ1v) is 11.0. The molecule has 0 unspecified atom stereocenters. The highest BCUT2D eigenvalue weighted by atomic mass is 32.1. The van der Waals surface area contributed by atoms with Crippen molar-refractivity contribution in [3.05, 3.63) is 95.1 Å². The number of fused-ring (bicyclic) bond motifs is 2. The third kappa shape index (κ3) is 3.46. The second-order valence-electron chi connectivity index (χ2n) is 7.63. The monoisotopic (exact) mass is 441 g/mol. The van der Waals surface area contributed by atoms with E-state index in [1.807, 2.05) is 55.5 Å². The first-order chi connectivity index (χ1) is 15.5. The first kappa shape index (κ1) is 20.1. The maximum absolute atomic E-state index is 13.5. The fourth-order valence-corrected chi connectivity index (χ4v) is 4.88. The molecule has 3 aromatic carbocycles. The number of amides is 3. The number of anilines is 1. The van der Waals surface area contributed by atoms with E-state index in [2.05, 4.69) is 0 Å². The SMILES string of the molecule is Cc1cccc2sc(N(Cc3ccccc3)C(=O)CN3C(=O)c4ccccc4C3=O)nc12. The van der Waals surface area contributed by atoms with Crippen molar-refractivity contribution in [3.8, 4) is 0 Å². The molecule has 158 valence electrons. The van der Waals surface area contributed by atoms with Crippen LogP contribution in [0.2, 0.25) is 0 Å². The van der Waals surface area contributed by atoms with Crippen LogP contribution < -0.4 is 4.90 Å². The van der Waals surface area contributed by atoms with E-state index in [9.17, 15) is 14.4 Å². The van der Waals surface area contributed by atoms with E-state index in [-0.39, 0.29) is 12.5 Å². The molecule has 0 radical (unpaired) electrons. The van der Waals surface area contributed by atoms with Crippen LogP contribution in [0, 0.1) is 6.92 Å². The van der Waals surface area contributed by atoms with Gasteiger partial charge in [-0.25, -0.2) is 4.98 Å². The summed E-state index contributed by atoms with van der Waals surface area (Å²) in [6.07, 6.45) is 0. The number of para-hydroxylation sites is 1. The Balaban J connectivity index is 1.49. The Kier molecular flexibility index (Phi) is 5.03. The Hall–Kier alpha value is -3.84. The summed E-state index contributed by atoms with van der Waals surface area (Å²) < 4.78 is 0.978. The lowest BCUT2D eigenvalue weighted by molar-refractivity contribution is -0.119. The van der Waals surface area contributed by atoms with Crippen LogP contribution in [0.5, 0.6) is 0 Å². The van der Waals surface area contributed by atoms with Crippen molar-refractivity contribution in [2.24, 2.45) is 0 Å². The lowest BCUT2D eigenvalue weighted by Crippen LogP contribution is -2.42. The van der Waals surface area contributed by atoms with Gasteiger partial charge >= 0.3 is 0 Å². The number of hydrogen-bond donors (Lipinski definition) is 0. The molecule has 32 heavy (non-hydrogen) atoms. The van der Waals surface area contributed by atoms with Gasteiger partial charge in [-0.1, -0.05) is 65.9 Å². The van der Waals surface area contributed by atoms with E-state index in [0.29, 0.717) is 22.8 Å². The quantitative estimate of drug-likeness (QED) is 0.430. The van der Waals surface area contributed by atoms with Crippen LogP contribution in [0.25, 0.3) is 10.2 Å². The van der Waals surface area contributed by atoms with Crippen molar-refractivity contribution >= 4 is 44.4 Å². The Morgan fingerprint density at radius 3 is 2.22 bits per heavy atom. The second kappa shape index (κ2) is 8.01. The summed E-state index contributed by atoms with van der Waals surface area (Å²) >= 11 is 1.42. The average Bonchev–Trinajstić information content (AvgIpc) is 3.35. The molecule has 1 aromatic heterocycles. The minimum Gasteiger partial charge on any atom is -0.282 e. The average molecular weight is 442 g/mol. The Morgan fingerprint density at radius 2 is 1.56 bits per heavy atom. The van der Waals surface area contributed by atoms with Gasteiger partial charge in [0.1, 0.15) is 6.54 Å². The molecule has 0 bridgehead atoms. The van der Waals surface area contributed by atoms with Crippen LogP contribution in [-0.4, -0.2) is 34.2 Å². The van der Waals surface area contributed by atoms with Crippen molar-refractivity contribution in [1.82, 2.24) is 9.88 Å². The fourth-order valence-electron chi connectivity index (χ4n) is 3.82. The van der Waals surface area contributed by atoms with Crippen molar-refractivity contribution in [2.75, 3.05) is 11.4 Å². The molecule has 1 aliphatic heterocycles. The zero-order valence-corrected chi connectivity index (χ0v) is 18.1. The smallest absolute Gasteiger partial charge is 0.262 e. The summed E-state index contributed by atoms with van der Waals surface area (Å²) in [5, 5.41) is 0.541. The van der Waals surface area contributed by atoms with Gasteiger partial charge < -0.3 is 0 Å². The Bertz CT molecular complexity index is 1330. The number of carbonyl (C=O) groups is 3. The third-order valence-electron chi connectivity index (χ3n) is 5.50. The standard InChI is InChI=1S/C25H19N3O3S/c1-16-8-7-13-20-22(16)26-25(32-20)27(14-17-9-3-2-4-10-17)21(29)15-28-23(30)18-11-5-6-12-19(18)24(28)31/h2-13H,14-15H2,1H3. The summed E-state index contributed by atoms with van der Waals surface area (Å²) in [5.41, 5.74) is 3.46. The predicted octanol–water partition coefficient (Wildman–Crippen LogP) is 4.43. The van der Waals surface area contributed by atoms with E-state index >= 15 is 0 Å². The van der Waals surface area contributed by atoms with E-state index in [1.54, 1.807) is 29.2 Å². The lowest BCUT2D eigenvalue weighted by atomic mass is 10.1. The molecule has 0 spiro atoms.